The van der Waals surface area contributed by atoms with Gasteiger partial charge in [0.15, 0.2) is 0 Å². The van der Waals surface area contributed by atoms with E-state index >= 15 is 0 Å². The molecule has 0 amide bonds. The summed E-state index contributed by atoms with van der Waals surface area (Å²) in [4.78, 5) is 2.40. The fourth-order valence-electron chi connectivity index (χ4n) is 1.86. The first-order chi connectivity index (χ1) is 6.71. The molecule has 0 saturated carbocycles. The fraction of sp³-hybridized carbons (Fsp3) is 1.00. The number of hydrogen-bond acceptors (Lipinski definition) is 2. The molecular formula is C13H27NO. The van der Waals surface area contributed by atoms with Gasteiger partial charge in [-0.1, -0.05) is 34.6 Å². The molecule has 0 aromatic rings. The minimum absolute atomic E-state index is 0.00691. The van der Waals surface area contributed by atoms with Crippen LogP contribution in [0.5, 0.6) is 0 Å². The topological polar surface area (TPSA) is 23.5 Å². The molecule has 2 nitrogen and oxygen atoms in total. The van der Waals surface area contributed by atoms with Crippen LogP contribution in [0, 0.1) is 10.8 Å². The number of aliphatic hydroxyl groups is 1. The molecule has 1 N–H and O–H groups in total. The van der Waals surface area contributed by atoms with Crippen LogP contribution in [0.3, 0.4) is 0 Å². The van der Waals surface area contributed by atoms with E-state index in [0.717, 1.165) is 19.6 Å². The number of aliphatic hydroxyl groups excluding tert-OH is 1. The molecule has 1 unspecified atom stereocenters. The van der Waals surface area contributed by atoms with Crippen molar-refractivity contribution in [2.75, 3.05) is 19.6 Å². The number of rotatable bonds is 2. The lowest BCUT2D eigenvalue weighted by atomic mass is 9.82. The number of likely N-dealkylation sites (tertiary alicyclic amines) is 1. The molecule has 1 aliphatic heterocycles. The average molecular weight is 213 g/mol. The SMILES string of the molecule is CC1(C)CCN(CC(O)C(C)(C)C)CC1. The lowest BCUT2D eigenvalue weighted by Crippen LogP contribution is -2.44. The molecule has 0 bridgehead atoms. The average Bonchev–Trinajstić information content (AvgIpc) is 2.07. The third-order valence-electron chi connectivity index (χ3n) is 3.64. The first kappa shape index (κ1) is 13.0. The number of β-amino-alcohol motifs (C(OH)–C–C–N with tert-alkyl or cyclic N) is 1. The summed E-state index contributed by atoms with van der Waals surface area (Å²) in [6.07, 6.45) is 2.30. The highest BCUT2D eigenvalue weighted by Crippen LogP contribution is 2.30. The maximum absolute atomic E-state index is 10.0. The Morgan fingerprint density at radius 3 is 2.07 bits per heavy atom. The summed E-state index contributed by atoms with van der Waals surface area (Å²) >= 11 is 0. The van der Waals surface area contributed by atoms with Crippen molar-refractivity contribution in [2.24, 2.45) is 10.8 Å². The first-order valence-electron chi connectivity index (χ1n) is 6.11. The molecule has 90 valence electrons. The molecule has 0 spiro atoms. The van der Waals surface area contributed by atoms with E-state index in [4.69, 9.17) is 0 Å². The van der Waals surface area contributed by atoms with Crippen LogP contribution in [-0.4, -0.2) is 35.7 Å². The van der Waals surface area contributed by atoms with Gasteiger partial charge in [0, 0.05) is 6.54 Å². The lowest BCUT2D eigenvalue weighted by molar-refractivity contribution is 0.0118. The Morgan fingerprint density at radius 2 is 1.67 bits per heavy atom. The van der Waals surface area contributed by atoms with Crippen molar-refractivity contribution in [1.82, 2.24) is 4.90 Å². The highest BCUT2D eigenvalue weighted by atomic mass is 16.3. The van der Waals surface area contributed by atoms with Crippen molar-refractivity contribution in [3.63, 3.8) is 0 Å². The van der Waals surface area contributed by atoms with Gasteiger partial charge in [0.1, 0.15) is 0 Å². The van der Waals surface area contributed by atoms with Gasteiger partial charge in [0.25, 0.3) is 0 Å². The Bertz CT molecular complexity index is 195. The van der Waals surface area contributed by atoms with Crippen molar-refractivity contribution in [1.29, 1.82) is 0 Å². The molecule has 1 atom stereocenters. The first-order valence-corrected chi connectivity index (χ1v) is 6.11. The van der Waals surface area contributed by atoms with Crippen molar-refractivity contribution in [2.45, 2.75) is 53.6 Å². The van der Waals surface area contributed by atoms with Gasteiger partial charge in [0.2, 0.25) is 0 Å². The predicted molar refractivity (Wildman–Crippen MR) is 64.9 cm³/mol. The molecule has 1 rings (SSSR count). The highest BCUT2D eigenvalue weighted by Gasteiger charge is 2.29. The van der Waals surface area contributed by atoms with E-state index in [0.29, 0.717) is 5.41 Å². The van der Waals surface area contributed by atoms with Gasteiger partial charge in [-0.25, -0.2) is 0 Å². The van der Waals surface area contributed by atoms with Crippen LogP contribution in [0.2, 0.25) is 0 Å². The second-order valence-electron chi connectivity index (χ2n) is 6.85. The molecule has 1 saturated heterocycles. The van der Waals surface area contributed by atoms with Crippen molar-refractivity contribution < 1.29 is 5.11 Å². The second kappa shape index (κ2) is 4.42. The van der Waals surface area contributed by atoms with E-state index in [1.165, 1.54) is 12.8 Å². The molecule has 1 heterocycles. The summed E-state index contributed by atoms with van der Waals surface area (Å²) in [5.41, 5.74) is 0.510. The maximum atomic E-state index is 10.0. The van der Waals surface area contributed by atoms with Crippen LogP contribution in [0.4, 0.5) is 0 Å². The number of hydrogen-bond donors (Lipinski definition) is 1. The standard InChI is InChI=1S/C13H27NO/c1-12(2,3)11(15)10-14-8-6-13(4,5)7-9-14/h11,15H,6-10H2,1-5H3. The lowest BCUT2D eigenvalue weighted by Gasteiger charge is -2.39. The minimum Gasteiger partial charge on any atom is -0.391 e. The summed E-state index contributed by atoms with van der Waals surface area (Å²) in [6.45, 7) is 14.1. The quantitative estimate of drug-likeness (QED) is 0.762. The smallest absolute Gasteiger partial charge is 0.0715 e. The summed E-state index contributed by atoms with van der Waals surface area (Å²) in [7, 11) is 0. The van der Waals surface area contributed by atoms with E-state index in [1.54, 1.807) is 0 Å². The Hall–Kier alpha value is -0.0800. The van der Waals surface area contributed by atoms with Crippen LogP contribution in [0.1, 0.15) is 47.5 Å². The third-order valence-corrected chi connectivity index (χ3v) is 3.64. The zero-order valence-corrected chi connectivity index (χ0v) is 11.0. The van der Waals surface area contributed by atoms with Crippen molar-refractivity contribution in [3.05, 3.63) is 0 Å². The molecule has 0 aliphatic carbocycles. The molecule has 1 fully saturated rings. The van der Waals surface area contributed by atoms with E-state index in [1.807, 2.05) is 0 Å². The Labute approximate surface area is 94.7 Å². The van der Waals surface area contributed by atoms with Gasteiger partial charge in [-0.05, 0) is 36.8 Å². The van der Waals surface area contributed by atoms with Crippen molar-refractivity contribution >= 4 is 0 Å². The second-order valence-corrected chi connectivity index (χ2v) is 6.85. The summed E-state index contributed by atoms with van der Waals surface area (Å²) in [5.74, 6) is 0. The van der Waals surface area contributed by atoms with Crippen LogP contribution < -0.4 is 0 Å². The van der Waals surface area contributed by atoms with Crippen LogP contribution in [-0.2, 0) is 0 Å². The summed E-state index contributed by atoms with van der Waals surface area (Å²) in [6, 6.07) is 0. The van der Waals surface area contributed by atoms with E-state index in [-0.39, 0.29) is 11.5 Å². The number of piperidine rings is 1. The van der Waals surface area contributed by atoms with Gasteiger partial charge >= 0.3 is 0 Å². The van der Waals surface area contributed by atoms with Crippen LogP contribution in [0.25, 0.3) is 0 Å². The van der Waals surface area contributed by atoms with Crippen molar-refractivity contribution in [3.8, 4) is 0 Å². The molecule has 0 radical (unpaired) electrons. The predicted octanol–water partition coefficient (Wildman–Crippen LogP) is 2.52. The number of nitrogens with zero attached hydrogens (tertiary/aromatic N) is 1. The van der Waals surface area contributed by atoms with E-state index < -0.39 is 0 Å². The van der Waals surface area contributed by atoms with E-state index in [9.17, 15) is 5.11 Å². The monoisotopic (exact) mass is 213 g/mol. The Morgan fingerprint density at radius 1 is 1.20 bits per heavy atom. The zero-order valence-electron chi connectivity index (χ0n) is 11.0. The Balaban J connectivity index is 2.36. The zero-order chi connectivity index (χ0) is 11.7. The molecular weight excluding hydrogens is 186 g/mol. The molecule has 0 aromatic heterocycles. The Kier molecular flexibility index (Phi) is 3.83. The van der Waals surface area contributed by atoms with Crippen LogP contribution in [0.15, 0.2) is 0 Å². The molecule has 2 heteroatoms. The third kappa shape index (κ3) is 4.12. The van der Waals surface area contributed by atoms with Gasteiger partial charge < -0.3 is 10.0 Å². The van der Waals surface area contributed by atoms with Gasteiger partial charge in [-0.3, -0.25) is 0 Å². The van der Waals surface area contributed by atoms with Gasteiger partial charge in [-0.15, -0.1) is 0 Å². The molecule has 15 heavy (non-hydrogen) atoms. The largest absolute Gasteiger partial charge is 0.391 e. The van der Waals surface area contributed by atoms with Crippen LogP contribution >= 0.6 is 0 Å². The highest BCUT2D eigenvalue weighted by molar-refractivity contribution is 4.82. The van der Waals surface area contributed by atoms with E-state index in [2.05, 4.69) is 39.5 Å². The van der Waals surface area contributed by atoms with Gasteiger partial charge in [-0.2, -0.15) is 0 Å². The maximum Gasteiger partial charge on any atom is 0.0715 e. The molecule has 0 aromatic carbocycles. The van der Waals surface area contributed by atoms with Gasteiger partial charge in [0.05, 0.1) is 6.10 Å². The summed E-state index contributed by atoms with van der Waals surface area (Å²) < 4.78 is 0. The minimum atomic E-state index is -0.210. The molecule has 1 aliphatic rings. The fourth-order valence-corrected chi connectivity index (χ4v) is 1.86. The summed E-state index contributed by atoms with van der Waals surface area (Å²) in [5, 5.41) is 10.0. The normalized spacial score (nSPS) is 25.2.